The van der Waals surface area contributed by atoms with E-state index in [2.05, 4.69) is 82.1 Å². The Hall–Kier alpha value is -2.43. The van der Waals surface area contributed by atoms with Crippen LogP contribution in [0.1, 0.15) is 150 Å². The molecule has 4 rings (SSSR count). The van der Waals surface area contributed by atoms with Gasteiger partial charge in [-0.1, -0.05) is 98.2 Å². The van der Waals surface area contributed by atoms with Gasteiger partial charge >= 0.3 is 0 Å². The largest absolute Gasteiger partial charge is 0.370 e. The number of hydrogen-bond donors (Lipinski definition) is 1. The fourth-order valence-electron chi connectivity index (χ4n) is 5.64. The van der Waals surface area contributed by atoms with Crippen LogP contribution in [0.4, 0.5) is 0 Å². The van der Waals surface area contributed by atoms with Gasteiger partial charge < -0.3 is 10.2 Å². The third kappa shape index (κ3) is 14.6. The first kappa shape index (κ1) is 45.6. The first-order valence-electron chi connectivity index (χ1n) is 18.5. The van der Waals surface area contributed by atoms with Crippen molar-refractivity contribution in [3.63, 3.8) is 0 Å². The highest BCUT2D eigenvalue weighted by molar-refractivity contribution is 6.31. The molecular weight excluding hydrogens is 610 g/mol. The van der Waals surface area contributed by atoms with Gasteiger partial charge in [-0.3, -0.25) is 9.78 Å². The number of pyridine rings is 1. The van der Waals surface area contributed by atoms with Gasteiger partial charge in [0.1, 0.15) is 0 Å². The molecule has 48 heavy (non-hydrogen) atoms. The van der Waals surface area contributed by atoms with Crippen molar-refractivity contribution in [1.82, 2.24) is 15.2 Å². The zero-order valence-electron chi connectivity index (χ0n) is 32.2. The van der Waals surface area contributed by atoms with E-state index in [1.54, 1.807) is 6.92 Å². The number of ketones is 1. The Labute approximate surface area is 301 Å². The SMILES string of the molecule is C.CC.CCc1ccc(CC)c(Cl)c1.CNC.C\C=C(C(C)=O)/C(=c1/cc(C)nc(C2CC2)/c1=C\CCC)N(CCC)CCC1(C)CC1. The third-order valence-electron chi connectivity index (χ3n) is 8.80. The van der Waals surface area contributed by atoms with Crippen LogP contribution in [0.3, 0.4) is 0 Å². The van der Waals surface area contributed by atoms with Crippen LogP contribution < -0.4 is 15.8 Å². The lowest BCUT2D eigenvalue weighted by molar-refractivity contribution is -0.113. The molecule has 0 atom stereocenters. The molecule has 0 saturated heterocycles. The van der Waals surface area contributed by atoms with Crippen LogP contribution in [-0.4, -0.2) is 42.9 Å². The second kappa shape index (κ2) is 23.8. The van der Waals surface area contributed by atoms with Crippen molar-refractivity contribution in [3.8, 4) is 0 Å². The summed E-state index contributed by atoms with van der Waals surface area (Å²) in [6.45, 7) is 22.9. The third-order valence-corrected chi connectivity index (χ3v) is 9.15. The molecule has 272 valence electrons. The number of nitrogens with zero attached hydrogens (tertiary/aromatic N) is 2. The number of rotatable bonds is 13. The summed E-state index contributed by atoms with van der Waals surface area (Å²) in [6, 6.07) is 8.54. The van der Waals surface area contributed by atoms with Crippen LogP contribution in [0.15, 0.2) is 35.9 Å². The number of aromatic nitrogens is 1. The molecule has 1 heterocycles. The molecule has 5 heteroatoms. The van der Waals surface area contributed by atoms with E-state index in [1.165, 1.54) is 59.4 Å². The molecule has 0 bridgehead atoms. The Kier molecular flexibility index (Phi) is 22.6. The van der Waals surface area contributed by atoms with Gasteiger partial charge in [-0.25, -0.2) is 0 Å². The number of nitrogens with one attached hydrogen (secondary N) is 1. The van der Waals surface area contributed by atoms with Crippen LogP contribution in [0.2, 0.25) is 5.02 Å². The van der Waals surface area contributed by atoms with Crippen LogP contribution in [0.5, 0.6) is 0 Å². The minimum absolute atomic E-state index is 0. The Balaban J connectivity index is 0.00000108. The molecule has 2 saturated carbocycles. The number of benzene rings is 1. The van der Waals surface area contributed by atoms with Crippen molar-refractivity contribution in [3.05, 3.63) is 73.9 Å². The number of hydrogen-bond acceptors (Lipinski definition) is 4. The summed E-state index contributed by atoms with van der Waals surface area (Å²) < 4.78 is 0. The summed E-state index contributed by atoms with van der Waals surface area (Å²) in [7, 11) is 3.75. The molecule has 0 spiro atoms. The zero-order valence-corrected chi connectivity index (χ0v) is 33.0. The topological polar surface area (TPSA) is 45.2 Å². The molecule has 2 aliphatic carbocycles. The lowest BCUT2D eigenvalue weighted by Gasteiger charge is -2.30. The van der Waals surface area contributed by atoms with E-state index in [0.29, 0.717) is 11.3 Å². The summed E-state index contributed by atoms with van der Waals surface area (Å²) in [4.78, 5) is 20.3. The highest BCUT2D eigenvalue weighted by Crippen LogP contribution is 2.48. The first-order valence-corrected chi connectivity index (χ1v) is 18.9. The van der Waals surface area contributed by atoms with Crippen LogP contribution >= 0.6 is 11.6 Å². The Morgan fingerprint density at radius 3 is 2.10 bits per heavy atom. The Morgan fingerprint density at radius 1 is 1.04 bits per heavy atom. The second-order valence-corrected chi connectivity index (χ2v) is 13.6. The molecule has 1 N–H and O–H groups in total. The highest BCUT2D eigenvalue weighted by Gasteiger charge is 2.37. The van der Waals surface area contributed by atoms with Gasteiger partial charge in [-0.05, 0) is 121 Å². The number of carbonyl (C=O) groups excluding carboxylic acids is 1. The van der Waals surface area contributed by atoms with Crippen molar-refractivity contribution < 1.29 is 4.79 Å². The zero-order chi connectivity index (χ0) is 35.6. The molecule has 1 aromatic carbocycles. The van der Waals surface area contributed by atoms with Gasteiger partial charge in [-0.2, -0.15) is 0 Å². The van der Waals surface area contributed by atoms with E-state index < -0.39 is 0 Å². The van der Waals surface area contributed by atoms with Crippen LogP contribution in [0.25, 0.3) is 11.8 Å². The molecule has 0 unspecified atom stereocenters. The van der Waals surface area contributed by atoms with Crippen LogP contribution in [0, 0.1) is 12.3 Å². The minimum Gasteiger partial charge on any atom is -0.370 e. The number of allylic oxidation sites excluding steroid dienone is 1. The van der Waals surface area contributed by atoms with Crippen molar-refractivity contribution in [2.45, 2.75) is 147 Å². The quantitative estimate of drug-likeness (QED) is 0.214. The average molecular weight is 683 g/mol. The average Bonchev–Trinajstić information content (AvgIpc) is 4.00. The van der Waals surface area contributed by atoms with E-state index in [-0.39, 0.29) is 13.2 Å². The number of Topliss-reactive ketones (excluding diaryl/α,β-unsaturated/α-hetero) is 1. The maximum absolute atomic E-state index is 12.8. The summed E-state index contributed by atoms with van der Waals surface area (Å²) in [5.74, 6) is 0.736. The number of halogens is 1. The van der Waals surface area contributed by atoms with Crippen molar-refractivity contribution >= 4 is 29.2 Å². The monoisotopic (exact) mass is 682 g/mol. The predicted octanol–water partition coefficient (Wildman–Crippen LogP) is 10.4. The van der Waals surface area contributed by atoms with E-state index in [1.807, 2.05) is 40.9 Å². The molecule has 0 radical (unpaired) electrons. The summed E-state index contributed by atoms with van der Waals surface area (Å²) in [5.41, 5.74) is 7.35. The fourth-order valence-corrected chi connectivity index (χ4v) is 5.97. The summed E-state index contributed by atoms with van der Waals surface area (Å²) >= 11 is 6.01. The van der Waals surface area contributed by atoms with Gasteiger partial charge in [0.25, 0.3) is 0 Å². The van der Waals surface area contributed by atoms with E-state index >= 15 is 0 Å². The molecule has 4 nitrogen and oxygen atoms in total. The van der Waals surface area contributed by atoms with Gasteiger partial charge in [0, 0.05) is 45.7 Å². The normalized spacial score (nSPS) is 15.4. The maximum Gasteiger partial charge on any atom is 0.161 e. The predicted molar refractivity (Wildman–Crippen MR) is 215 cm³/mol. The lowest BCUT2D eigenvalue weighted by Crippen LogP contribution is -2.40. The fraction of sp³-hybridized carbons (Fsp3) is 0.628. The minimum atomic E-state index is 0. The summed E-state index contributed by atoms with van der Waals surface area (Å²) in [5, 5.41) is 6.16. The smallest absolute Gasteiger partial charge is 0.161 e. The second-order valence-electron chi connectivity index (χ2n) is 13.2. The molecule has 1 aromatic heterocycles. The molecule has 2 aliphatic rings. The molecule has 2 aromatic rings. The van der Waals surface area contributed by atoms with Gasteiger partial charge in [0.05, 0.1) is 11.4 Å². The first-order chi connectivity index (χ1) is 22.5. The standard InChI is InChI=1S/C28H42N2O.C10H13Cl.C2H7N.C2H6.CH4/c1-7-10-11-24-25(19-20(4)29-26(24)22-12-13-22)27(23(9-3)21(5)31)30(17-8-2)18-16-28(6)14-15-28;1-3-8-5-6-9(4-2)10(11)7-8;1-3-2;1-2;/h9,11,19,22H,7-8,10,12-18H2,1-6H3;5-7H,3-4H2,1-2H3;3H,1-2H3;1-2H3;1H4/b23-9-,24-11-,27-25+;;;;. The molecule has 0 aliphatic heterocycles. The van der Waals surface area contributed by atoms with Crippen LogP contribution in [-0.2, 0) is 17.6 Å². The van der Waals surface area contributed by atoms with E-state index in [9.17, 15) is 4.79 Å². The van der Waals surface area contributed by atoms with Gasteiger partial charge in [0.2, 0.25) is 0 Å². The maximum atomic E-state index is 12.8. The summed E-state index contributed by atoms with van der Waals surface area (Å²) in [6.07, 6.45) is 16.0. The Morgan fingerprint density at radius 2 is 1.67 bits per heavy atom. The Bertz CT molecular complexity index is 1390. The lowest BCUT2D eigenvalue weighted by atomic mass is 9.99. The van der Waals surface area contributed by atoms with Crippen molar-refractivity contribution in [2.75, 3.05) is 27.2 Å². The number of aryl methyl sites for hydroxylation is 3. The highest BCUT2D eigenvalue weighted by atomic mass is 35.5. The van der Waals surface area contributed by atoms with E-state index in [0.717, 1.165) is 67.2 Å². The van der Waals surface area contributed by atoms with Crippen molar-refractivity contribution in [2.24, 2.45) is 5.41 Å². The molecule has 2 fully saturated rings. The number of carbonyl (C=O) groups is 1. The molecular formula is C43H72ClN3O. The molecule has 0 amide bonds. The number of unbranched alkanes of at least 4 members (excludes halogenated alkanes) is 1. The van der Waals surface area contributed by atoms with Gasteiger partial charge in [0.15, 0.2) is 5.78 Å². The van der Waals surface area contributed by atoms with E-state index in [4.69, 9.17) is 16.6 Å². The van der Waals surface area contributed by atoms with Crippen molar-refractivity contribution in [1.29, 1.82) is 0 Å². The van der Waals surface area contributed by atoms with Gasteiger partial charge in [-0.15, -0.1) is 0 Å².